The van der Waals surface area contributed by atoms with Crippen molar-refractivity contribution in [3.05, 3.63) is 53.2 Å². The lowest BCUT2D eigenvalue weighted by Gasteiger charge is -2.45. The van der Waals surface area contributed by atoms with Crippen LogP contribution in [0.2, 0.25) is 0 Å². The summed E-state index contributed by atoms with van der Waals surface area (Å²) < 4.78 is 13.0. The number of ether oxygens (including phenoxy) is 2. The summed E-state index contributed by atoms with van der Waals surface area (Å²) in [4.78, 5) is 42.8. The summed E-state index contributed by atoms with van der Waals surface area (Å²) in [5, 5.41) is 6.85. The van der Waals surface area contributed by atoms with E-state index in [1.807, 2.05) is 42.7 Å². The first-order valence-corrected chi connectivity index (χ1v) is 14.4. The molecule has 1 atom stereocenters. The van der Waals surface area contributed by atoms with Crippen LogP contribution in [0.25, 0.3) is 10.9 Å². The maximum Gasteiger partial charge on any atom is 0.273 e. The van der Waals surface area contributed by atoms with E-state index in [9.17, 15) is 14.4 Å². The van der Waals surface area contributed by atoms with Crippen LogP contribution in [0.4, 0.5) is 5.69 Å². The van der Waals surface area contributed by atoms with Gasteiger partial charge >= 0.3 is 0 Å². The quantitative estimate of drug-likeness (QED) is 0.388. The Morgan fingerprint density at radius 1 is 1.00 bits per heavy atom. The number of anilines is 1. The van der Waals surface area contributed by atoms with E-state index in [0.29, 0.717) is 33.8 Å². The van der Waals surface area contributed by atoms with E-state index in [4.69, 9.17) is 9.47 Å². The van der Waals surface area contributed by atoms with E-state index in [0.717, 1.165) is 36.8 Å². The minimum absolute atomic E-state index is 0.0836. The Labute approximate surface area is 241 Å². The average Bonchev–Trinajstić information content (AvgIpc) is 3.08. The number of nitrogens with zero attached hydrogens (tertiary/aromatic N) is 2. The van der Waals surface area contributed by atoms with Crippen molar-refractivity contribution in [3.63, 3.8) is 0 Å². The second kappa shape index (κ2) is 11.5. The molecule has 0 radical (unpaired) electrons. The molecule has 5 rings (SSSR count). The van der Waals surface area contributed by atoms with Crippen LogP contribution in [0.1, 0.15) is 74.0 Å². The van der Waals surface area contributed by atoms with Crippen LogP contribution >= 0.6 is 0 Å². The number of hydrogen-bond donors (Lipinski definition) is 2. The molecular weight excluding hydrogens is 520 g/mol. The van der Waals surface area contributed by atoms with Gasteiger partial charge in [-0.2, -0.15) is 0 Å². The number of hydrogen-bond acceptors (Lipinski definition) is 5. The van der Waals surface area contributed by atoms with Gasteiger partial charge in [-0.15, -0.1) is 0 Å². The summed E-state index contributed by atoms with van der Waals surface area (Å²) in [6.07, 6.45) is 6.41. The summed E-state index contributed by atoms with van der Waals surface area (Å²) in [6, 6.07) is 11.6. The highest BCUT2D eigenvalue weighted by Gasteiger charge is 2.49. The molecule has 2 heterocycles. The Kier molecular flexibility index (Phi) is 7.98. The van der Waals surface area contributed by atoms with Gasteiger partial charge in [0.1, 0.15) is 11.2 Å². The number of aromatic nitrogens is 1. The number of aryl methyl sites for hydroxylation is 1. The molecule has 41 heavy (non-hydrogen) atoms. The summed E-state index contributed by atoms with van der Waals surface area (Å²) in [6.45, 7) is 5.74. The van der Waals surface area contributed by atoms with Gasteiger partial charge in [-0.1, -0.05) is 55.5 Å². The molecule has 3 aromatic rings. The molecule has 218 valence electrons. The number of fused-ring (bicyclic) bond motifs is 3. The van der Waals surface area contributed by atoms with Crippen LogP contribution in [-0.4, -0.2) is 53.0 Å². The van der Waals surface area contributed by atoms with Gasteiger partial charge in [0.2, 0.25) is 11.8 Å². The topological polar surface area (TPSA) is 102 Å². The molecule has 0 spiro atoms. The van der Waals surface area contributed by atoms with Gasteiger partial charge in [-0.25, -0.2) is 0 Å². The minimum atomic E-state index is -1.19. The molecule has 3 amide bonds. The SMILES string of the molecule is COc1cc2c(NC(C)=O)c3n(c2cc1OC)CC(C)(C(=O)NC1CCCCCC1)N(Cc1ccc(C)cc1)C3=O. The molecule has 0 saturated heterocycles. The second-order valence-corrected chi connectivity index (χ2v) is 11.5. The third kappa shape index (κ3) is 5.37. The number of benzene rings is 2. The van der Waals surface area contributed by atoms with Crippen molar-refractivity contribution in [3.8, 4) is 11.5 Å². The van der Waals surface area contributed by atoms with E-state index in [-0.39, 0.29) is 36.9 Å². The van der Waals surface area contributed by atoms with Gasteiger partial charge in [0.15, 0.2) is 11.5 Å². The van der Waals surface area contributed by atoms with E-state index in [2.05, 4.69) is 10.6 Å². The predicted octanol–water partition coefficient (Wildman–Crippen LogP) is 5.18. The standard InChI is InChI=1S/C32H40N4O5/c1-20-12-14-22(15-13-20)18-36-30(38)29-28(33-21(2)37)24-16-26(40-4)27(41-5)17-25(24)35(29)19-32(36,3)31(39)34-23-10-8-6-7-9-11-23/h12-17,23H,6-11,18-19H2,1-5H3,(H,33,37)(H,34,39). The van der Waals surface area contributed by atoms with Crippen LogP contribution in [0.5, 0.6) is 11.5 Å². The van der Waals surface area contributed by atoms with Crippen molar-refractivity contribution in [2.45, 2.75) is 84.0 Å². The smallest absolute Gasteiger partial charge is 0.273 e. The first-order valence-electron chi connectivity index (χ1n) is 14.4. The van der Waals surface area contributed by atoms with Gasteiger partial charge in [0.05, 0.1) is 32.0 Å². The lowest BCUT2D eigenvalue weighted by Crippen LogP contribution is -2.64. The van der Waals surface area contributed by atoms with Crippen molar-refractivity contribution in [1.29, 1.82) is 0 Å². The fraction of sp³-hybridized carbons (Fsp3) is 0.469. The van der Waals surface area contributed by atoms with Crippen molar-refractivity contribution in [2.75, 3.05) is 19.5 Å². The highest BCUT2D eigenvalue weighted by Crippen LogP contribution is 2.43. The van der Waals surface area contributed by atoms with E-state index >= 15 is 0 Å². The molecule has 1 saturated carbocycles. The molecule has 1 unspecified atom stereocenters. The van der Waals surface area contributed by atoms with Gasteiger partial charge in [0, 0.05) is 31.0 Å². The van der Waals surface area contributed by atoms with Crippen LogP contribution in [-0.2, 0) is 22.7 Å². The van der Waals surface area contributed by atoms with E-state index in [1.165, 1.54) is 19.8 Å². The normalized spacial score (nSPS) is 19.4. The molecule has 1 aromatic heterocycles. The highest BCUT2D eigenvalue weighted by molar-refractivity contribution is 6.15. The Balaban J connectivity index is 1.66. The fourth-order valence-electron chi connectivity index (χ4n) is 6.19. The summed E-state index contributed by atoms with van der Waals surface area (Å²) >= 11 is 0. The summed E-state index contributed by atoms with van der Waals surface area (Å²) in [5.74, 6) is 0.181. The molecule has 2 aromatic carbocycles. The Morgan fingerprint density at radius 2 is 1.63 bits per heavy atom. The van der Waals surface area contributed by atoms with Gasteiger partial charge < -0.3 is 29.6 Å². The van der Waals surface area contributed by atoms with Crippen molar-refractivity contribution in [1.82, 2.24) is 14.8 Å². The first kappa shape index (κ1) is 28.5. The minimum Gasteiger partial charge on any atom is -0.493 e. The Morgan fingerprint density at radius 3 is 2.24 bits per heavy atom. The molecule has 2 N–H and O–H groups in total. The number of carbonyl (C=O) groups is 3. The average molecular weight is 561 g/mol. The van der Waals surface area contributed by atoms with E-state index < -0.39 is 5.54 Å². The lowest BCUT2D eigenvalue weighted by molar-refractivity contribution is -0.134. The lowest BCUT2D eigenvalue weighted by atomic mass is 9.92. The zero-order valence-corrected chi connectivity index (χ0v) is 24.6. The molecule has 9 nitrogen and oxygen atoms in total. The van der Waals surface area contributed by atoms with Gasteiger partial charge in [0.25, 0.3) is 5.91 Å². The fourth-order valence-corrected chi connectivity index (χ4v) is 6.19. The van der Waals surface area contributed by atoms with Crippen LogP contribution in [0, 0.1) is 6.92 Å². The molecule has 1 fully saturated rings. The zero-order chi connectivity index (χ0) is 29.3. The molecule has 2 aliphatic rings. The van der Waals surface area contributed by atoms with Crippen LogP contribution in [0.3, 0.4) is 0 Å². The third-order valence-electron chi connectivity index (χ3n) is 8.52. The van der Waals surface area contributed by atoms with Gasteiger partial charge in [-0.3, -0.25) is 14.4 Å². The van der Waals surface area contributed by atoms with Crippen LogP contribution in [0.15, 0.2) is 36.4 Å². The number of rotatable bonds is 7. The largest absolute Gasteiger partial charge is 0.493 e. The third-order valence-corrected chi connectivity index (χ3v) is 8.52. The summed E-state index contributed by atoms with van der Waals surface area (Å²) in [5.41, 5.74) is 2.26. The van der Waals surface area contributed by atoms with Crippen molar-refractivity contribution >= 4 is 34.3 Å². The van der Waals surface area contributed by atoms with Crippen molar-refractivity contribution in [2.24, 2.45) is 0 Å². The number of nitrogens with one attached hydrogen (secondary N) is 2. The maximum atomic E-state index is 14.5. The number of carbonyl (C=O) groups excluding carboxylic acids is 3. The monoisotopic (exact) mass is 560 g/mol. The van der Waals surface area contributed by atoms with Crippen LogP contribution < -0.4 is 20.1 Å². The van der Waals surface area contributed by atoms with Gasteiger partial charge in [-0.05, 0) is 38.3 Å². The summed E-state index contributed by atoms with van der Waals surface area (Å²) in [7, 11) is 3.10. The zero-order valence-electron chi connectivity index (χ0n) is 24.6. The second-order valence-electron chi connectivity index (χ2n) is 11.5. The van der Waals surface area contributed by atoms with Crippen molar-refractivity contribution < 1.29 is 23.9 Å². The molecule has 9 heteroatoms. The maximum absolute atomic E-state index is 14.5. The Hall–Kier alpha value is -4.01. The first-order chi connectivity index (χ1) is 19.7. The molecule has 1 aliphatic heterocycles. The number of methoxy groups -OCH3 is 2. The molecular formula is C32H40N4O5. The Bertz CT molecular complexity index is 1470. The molecule has 0 bridgehead atoms. The highest BCUT2D eigenvalue weighted by atomic mass is 16.5. The predicted molar refractivity (Wildman–Crippen MR) is 158 cm³/mol. The number of amides is 3. The molecule has 1 aliphatic carbocycles. The van der Waals surface area contributed by atoms with E-state index in [1.54, 1.807) is 31.3 Å².